The van der Waals surface area contributed by atoms with Crippen LogP contribution in [0, 0.1) is 11.2 Å². The molecule has 88 valence electrons. The summed E-state index contributed by atoms with van der Waals surface area (Å²) in [4.78, 5) is 0. The number of hydrogen-bond acceptors (Lipinski definition) is 1. The fourth-order valence-electron chi connectivity index (χ4n) is 2.58. The third-order valence-corrected chi connectivity index (χ3v) is 3.82. The molecular formula is C13H16ClFO. The summed E-state index contributed by atoms with van der Waals surface area (Å²) in [5, 5.41) is 9.90. The molecule has 1 nitrogen and oxygen atoms in total. The summed E-state index contributed by atoms with van der Waals surface area (Å²) in [7, 11) is 0. The zero-order valence-electron chi connectivity index (χ0n) is 9.18. The van der Waals surface area contributed by atoms with Crippen molar-refractivity contribution in [3.8, 4) is 0 Å². The van der Waals surface area contributed by atoms with Crippen LogP contribution in [-0.4, -0.2) is 11.7 Å². The molecule has 16 heavy (non-hydrogen) atoms. The first-order valence-electron chi connectivity index (χ1n) is 5.70. The minimum atomic E-state index is -0.257. The summed E-state index contributed by atoms with van der Waals surface area (Å²) in [6.07, 6.45) is 4.87. The fraction of sp³-hybridized carbons (Fsp3) is 0.538. The molecule has 1 fully saturated rings. The SMILES string of the molecule is OCC1(Cc2ccc(Cl)cc2F)CCCC1. The van der Waals surface area contributed by atoms with E-state index in [1.165, 1.54) is 6.07 Å². The van der Waals surface area contributed by atoms with E-state index in [4.69, 9.17) is 11.6 Å². The monoisotopic (exact) mass is 242 g/mol. The molecule has 1 aromatic carbocycles. The highest BCUT2D eigenvalue weighted by atomic mass is 35.5. The maximum absolute atomic E-state index is 13.6. The minimum Gasteiger partial charge on any atom is -0.396 e. The summed E-state index contributed by atoms with van der Waals surface area (Å²) in [6.45, 7) is 0.148. The van der Waals surface area contributed by atoms with Crippen LogP contribution < -0.4 is 0 Å². The average molecular weight is 243 g/mol. The van der Waals surface area contributed by atoms with Crippen molar-refractivity contribution in [1.29, 1.82) is 0 Å². The summed E-state index contributed by atoms with van der Waals surface area (Å²) < 4.78 is 13.6. The molecule has 0 bridgehead atoms. The van der Waals surface area contributed by atoms with E-state index in [1.807, 2.05) is 0 Å². The number of hydrogen-bond donors (Lipinski definition) is 1. The zero-order valence-corrected chi connectivity index (χ0v) is 9.93. The van der Waals surface area contributed by atoms with Gasteiger partial charge in [0.25, 0.3) is 0 Å². The second kappa shape index (κ2) is 4.72. The van der Waals surface area contributed by atoms with Crippen molar-refractivity contribution in [1.82, 2.24) is 0 Å². The lowest BCUT2D eigenvalue weighted by Gasteiger charge is -2.26. The van der Waals surface area contributed by atoms with E-state index in [-0.39, 0.29) is 17.8 Å². The standard InChI is InChI=1S/C13H16ClFO/c14-11-4-3-10(12(15)7-11)8-13(9-16)5-1-2-6-13/h3-4,7,16H,1-2,5-6,8-9H2. The normalized spacial score (nSPS) is 18.9. The molecule has 1 saturated carbocycles. The summed E-state index contributed by atoms with van der Waals surface area (Å²) >= 11 is 5.71. The molecule has 0 heterocycles. The van der Waals surface area contributed by atoms with Crippen molar-refractivity contribution in [3.05, 3.63) is 34.6 Å². The molecule has 0 aromatic heterocycles. The van der Waals surface area contributed by atoms with Crippen LogP contribution in [0.25, 0.3) is 0 Å². The Bertz CT molecular complexity index is 372. The third-order valence-electron chi connectivity index (χ3n) is 3.58. The van der Waals surface area contributed by atoms with Crippen LogP contribution in [0.3, 0.4) is 0 Å². The maximum atomic E-state index is 13.6. The Labute approximate surface area is 100 Å². The maximum Gasteiger partial charge on any atom is 0.127 e. The van der Waals surface area contributed by atoms with E-state index < -0.39 is 0 Å². The average Bonchev–Trinajstić information content (AvgIpc) is 2.72. The van der Waals surface area contributed by atoms with E-state index in [0.717, 1.165) is 25.7 Å². The molecule has 0 radical (unpaired) electrons. The van der Waals surface area contributed by atoms with Crippen LogP contribution in [-0.2, 0) is 6.42 Å². The lowest BCUT2D eigenvalue weighted by atomic mass is 9.81. The largest absolute Gasteiger partial charge is 0.396 e. The number of halogens is 2. The molecule has 0 saturated heterocycles. The highest BCUT2D eigenvalue weighted by Crippen LogP contribution is 2.40. The molecule has 1 aliphatic carbocycles. The van der Waals surface area contributed by atoms with E-state index in [0.29, 0.717) is 17.0 Å². The Balaban J connectivity index is 2.19. The van der Waals surface area contributed by atoms with Gasteiger partial charge < -0.3 is 5.11 Å². The second-order valence-electron chi connectivity index (χ2n) is 4.78. The summed E-state index contributed by atoms with van der Waals surface area (Å²) in [6, 6.07) is 4.78. The molecule has 1 N–H and O–H groups in total. The van der Waals surface area contributed by atoms with Crippen molar-refractivity contribution in [2.75, 3.05) is 6.61 Å². The van der Waals surface area contributed by atoms with Crippen LogP contribution in [0.5, 0.6) is 0 Å². The molecule has 2 rings (SSSR count). The third kappa shape index (κ3) is 2.38. The van der Waals surface area contributed by atoms with Gasteiger partial charge in [0.1, 0.15) is 5.82 Å². The molecule has 0 spiro atoms. The summed E-state index contributed by atoms with van der Waals surface area (Å²) in [5.74, 6) is -0.257. The van der Waals surface area contributed by atoms with E-state index >= 15 is 0 Å². The van der Waals surface area contributed by atoms with Gasteiger partial charge in [-0.3, -0.25) is 0 Å². The fourth-order valence-corrected chi connectivity index (χ4v) is 2.74. The zero-order chi connectivity index (χ0) is 11.6. The first-order chi connectivity index (χ1) is 7.65. The van der Waals surface area contributed by atoms with Crippen molar-refractivity contribution in [3.63, 3.8) is 0 Å². The molecular weight excluding hydrogens is 227 g/mol. The molecule has 1 aliphatic rings. The predicted molar refractivity (Wildman–Crippen MR) is 63.1 cm³/mol. The quantitative estimate of drug-likeness (QED) is 0.859. The van der Waals surface area contributed by atoms with Crippen molar-refractivity contribution in [2.45, 2.75) is 32.1 Å². The van der Waals surface area contributed by atoms with Crippen LogP contribution in [0.15, 0.2) is 18.2 Å². The molecule has 3 heteroatoms. The summed E-state index contributed by atoms with van der Waals surface area (Å²) in [5.41, 5.74) is 0.564. The van der Waals surface area contributed by atoms with Crippen molar-refractivity contribution < 1.29 is 9.50 Å². The van der Waals surface area contributed by atoms with Crippen LogP contribution in [0.1, 0.15) is 31.2 Å². The van der Waals surface area contributed by atoms with E-state index in [1.54, 1.807) is 12.1 Å². The molecule has 0 aliphatic heterocycles. The van der Waals surface area contributed by atoms with E-state index in [9.17, 15) is 9.50 Å². The van der Waals surface area contributed by atoms with Crippen LogP contribution in [0.2, 0.25) is 5.02 Å². The van der Waals surface area contributed by atoms with Gasteiger partial charge in [0, 0.05) is 11.6 Å². The van der Waals surface area contributed by atoms with Gasteiger partial charge in [-0.2, -0.15) is 0 Å². The topological polar surface area (TPSA) is 20.2 Å². The van der Waals surface area contributed by atoms with Gasteiger partial charge in [0.05, 0.1) is 0 Å². The number of aliphatic hydroxyl groups is 1. The van der Waals surface area contributed by atoms with Gasteiger partial charge in [-0.05, 0) is 42.4 Å². The second-order valence-corrected chi connectivity index (χ2v) is 5.21. The Morgan fingerprint density at radius 3 is 2.56 bits per heavy atom. The number of aliphatic hydroxyl groups excluding tert-OH is 1. The Morgan fingerprint density at radius 1 is 1.31 bits per heavy atom. The van der Waals surface area contributed by atoms with E-state index in [2.05, 4.69) is 0 Å². The lowest BCUT2D eigenvalue weighted by molar-refractivity contribution is 0.129. The Morgan fingerprint density at radius 2 is 2.00 bits per heavy atom. The lowest BCUT2D eigenvalue weighted by Crippen LogP contribution is -2.24. The minimum absolute atomic E-state index is 0.103. The molecule has 0 atom stereocenters. The van der Waals surface area contributed by atoms with Gasteiger partial charge in [-0.15, -0.1) is 0 Å². The Hall–Kier alpha value is -0.600. The molecule has 0 unspecified atom stereocenters. The smallest absolute Gasteiger partial charge is 0.127 e. The van der Waals surface area contributed by atoms with Crippen molar-refractivity contribution in [2.24, 2.45) is 5.41 Å². The van der Waals surface area contributed by atoms with Gasteiger partial charge in [-0.25, -0.2) is 4.39 Å². The predicted octanol–water partition coefficient (Wildman–Crippen LogP) is 3.57. The first-order valence-corrected chi connectivity index (χ1v) is 6.08. The number of rotatable bonds is 3. The van der Waals surface area contributed by atoms with Crippen LogP contribution in [0.4, 0.5) is 4.39 Å². The Kier molecular flexibility index (Phi) is 3.50. The molecule has 0 amide bonds. The number of benzene rings is 1. The van der Waals surface area contributed by atoms with Gasteiger partial charge in [0.15, 0.2) is 0 Å². The van der Waals surface area contributed by atoms with Gasteiger partial charge in [-0.1, -0.05) is 30.5 Å². The van der Waals surface area contributed by atoms with Crippen LogP contribution >= 0.6 is 11.6 Å². The first kappa shape index (κ1) is 11.9. The highest BCUT2D eigenvalue weighted by molar-refractivity contribution is 6.30. The van der Waals surface area contributed by atoms with Gasteiger partial charge in [0.2, 0.25) is 0 Å². The molecule has 1 aromatic rings. The van der Waals surface area contributed by atoms with Crippen molar-refractivity contribution >= 4 is 11.6 Å². The highest BCUT2D eigenvalue weighted by Gasteiger charge is 2.33. The van der Waals surface area contributed by atoms with Gasteiger partial charge >= 0.3 is 0 Å².